The summed E-state index contributed by atoms with van der Waals surface area (Å²) in [7, 11) is -0.591. The predicted octanol–water partition coefficient (Wildman–Crippen LogP) is 4.39. The predicted molar refractivity (Wildman–Crippen MR) is 93.8 cm³/mol. The molecule has 1 aliphatic carbocycles. The Bertz CT molecular complexity index is 576. The third kappa shape index (κ3) is 3.66. The first kappa shape index (κ1) is 19.4. The minimum atomic E-state index is -0.727. The molecule has 1 atom stereocenters. The SMILES string of the molecule is CCOC(=O)OC1=C(C)CC(C)(Cl)C(B2OC(C)(C)C(C)(C)O2)=C1. The average molecular weight is 357 g/mol. The maximum Gasteiger partial charge on any atom is 0.513 e. The quantitative estimate of drug-likeness (QED) is 0.426. The summed E-state index contributed by atoms with van der Waals surface area (Å²) in [5.74, 6) is 0.441. The molecule has 7 heteroatoms. The molecule has 2 aliphatic rings. The van der Waals surface area contributed by atoms with Crippen molar-refractivity contribution in [1.82, 2.24) is 0 Å². The molecule has 0 bridgehead atoms. The average Bonchev–Trinajstić information content (AvgIpc) is 2.61. The number of carbonyl (C=O) groups is 1. The van der Waals surface area contributed by atoms with Crippen molar-refractivity contribution in [2.75, 3.05) is 6.61 Å². The number of carbonyl (C=O) groups excluding carboxylic acids is 1. The van der Waals surface area contributed by atoms with Gasteiger partial charge in [-0.15, -0.1) is 11.6 Å². The van der Waals surface area contributed by atoms with Gasteiger partial charge in [0.25, 0.3) is 0 Å². The first-order valence-corrected chi connectivity index (χ1v) is 8.58. The molecule has 1 aliphatic heterocycles. The standard InChI is InChI=1S/C17H26BClO5/c1-8-21-14(20)22-12-9-13(17(7,19)10-11(12)2)18-23-15(3,4)16(5,6)24-18/h9H,8,10H2,1-7H3. The fourth-order valence-corrected chi connectivity index (χ4v) is 3.08. The van der Waals surface area contributed by atoms with E-state index >= 15 is 0 Å². The molecular weight excluding hydrogens is 330 g/mol. The minimum absolute atomic E-state index is 0.256. The summed E-state index contributed by atoms with van der Waals surface area (Å²) >= 11 is 6.73. The maximum atomic E-state index is 11.6. The zero-order chi connectivity index (χ0) is 18.3. The second-order valence-corrected chi connectivity index (χ2v) is 8.33. The zero-order valence-corrected chi connectivity index (χ0v) is 16.2. The van der Waals surface area contributed by atoms with Gasteiger partial charge in [0.05, 0.1) is 22.7 Å². The van der Waals surface area contributed by atoms with Gasteiger partial charge in [-0.05, 0) is 72.0 Å². The second kappa shape index (κ2) is 6.39. The molecule has 5 nitrogen and oxygen atoms in total. The second-order valence-electron chi connectivity index (χ2n) is 7.49. The zero-order valence-electron chi connectivity index (χ0n) is 15.5. The summed E-state index contributed by atoms with van der Waals surface area (Å²) < 4.78 is 22.4. The van der Waals surface area contributed by atoms with Crippen LogP contribution in [0.5, 0.6) is 0 Å². The Balaban J connectivity index is 2.31. The summed E-state index contributed by atoms with van der Waals surface area (Å²) in [4.78, 5) is 11.0. The Kier molecular flexibility index (Phi) is 5.15. The smallest absolute Gasteiger partial charge is 0.434 e. The summed E-state index contributed by atoms with van der Waals surface area (Å²) in [6.45, 7) is 13.7. The third-order valence-corrected chi connectivity index (χ3v) is 5.22. The molecule has 1 unspecified atom stereocenters. The van der Waals surface area contributed by atoms with E-state index in [-0.39, 0.29) is 6.61 Å². The van der Waals surface area contributed by atoms with Crippen molar-refractivity contribution in [3.63, 3.8) is 0 Å². The summed E-state index contributed by atoms with van der Waals surface area (Å²) in [5, 5.41) is 0. The van der Waals surface area contributed by atoms with Gasteiger partial charge in [-0.25, -0.2) is 4.79 Å². The highest BCUT2D eigenvalue weighted by Gasteiger charge is 2.55. The Hall–Kier alpha value is -0.975. The highest BCUT2D eigenvalue weighted by atomic mass is 35.5. The van der Waals surface area contributed by atoms with Crippen LogP contribution in [0.1, 0.15) is 54.9 Å². The van der Waals surface area contributed by atoms with E-state index in [1.165, 1.54) is 0 Å². The molecule has 1 heterocycles. The van der Waals surface area contributed by atoms with Gasteiger partial charge >= 0.3 is 13.3 Å². The number of hydrogen-bond donors (Lipinski definition) is 0. The van der Waals surface area contributed by atoms with Crippen LogP contribution in [-0.2, 0) is 18.8 Å². The molecule has 0 aromatic rings. The molecule has 0 radical (unpaired) electrons. The van der Waals surface area contributed by atoms with Crippen molar-refractivity contribution in [2.24, 2.45) is 0 Å². The Morgan fingerprint density at radius 2 is 1.79 bits per heavy atom. The van der Waals surface area contributed by atoms with E-state index in [1.54, 1.807) is 13.0 Å². The van der Waals surface area contributed by atoms with Gasteiger partial charge in [-0.1, -0.05) is 0 Å². The van der Waals surface area contributed by atoms with Crippen LogP contribution >= 0.6 is 11.6 Å². The van der Waals surface area contributed by atoms with E-state index < -0.39 is 29.4 Å². The van der Waals surface area contributed by atoms with E-state index in [4.69, 9.17) is 30.4 Å². The topological polar surface area (TPSA) is 54.0 Å². The molecule has 1 fully saturated rings. The molecule has 2 rings (SSSR count). The molecule has 134 valence electrons. The third-order valence-electron chi connectivity index (χ3n) is 4.87. The molecule has 0 aromatic carbocycles. The van der Waals surface area contributed by atoms with Crippen LogP contribution in [0.3, 0.4) is 0 Å². The van der Waals surface area contributed by atoms with Crippen LogP contribution in [0.4, 0.5) is 4.79 Å². The molecule has 24 heavy (non-hydrogen) atoms. The summed E-state index contributed by atoms with van der Waals surface area (Å²) in [6, 6.07) is 0. The molecule has 0 saturated carbocycles. The van der Waals surface area contributed by atoms with Crippen molar-refractivity contribution >= 4 is 24.9 Å². The Labute approximate surface area is 149 Å². The normalized spacial score (nSPS) is 28.7. The lowest BCUT2D eigenvalue weighted by Crippen LogP contribution is -2.41. The summed E-state index contributed by atoms with van der Waals surface area (Å²) in [5.41, 5.74) is 0.682. The molecule has 0 N–H and O–H groups in total. The molecule has 0 spiro atoms. The number of allylic oxidation sites excluding steroid dienone is 3. The van der Waals surface area contributed by atoms with E-state index in [0.717, 1.165) is 11.0 Å². The fourth-order valence-electron chi connectivity index (χ4n) is 2.74. The summed E-state index contributed by atoms with van der Waals surface area (Å²) in [6.07, 6.45) is 1.54. The van der Waals surface area contributed by atoms with E-state index in [9.17, 15) is 4.79 Å². The van der Waals surface area contributed by atoms with Gasteiger partial charge < -0.3 is 18.8 Å². The first-order chi connectivity index (χ1) is 10.9. The van der Waals surface area contributed by atoms with Crippen molar-refractivity contribution in [2.45, 2.75) is 71.0 Å². The van der Waals surface area contributed by atoms with Gasteiger partial charge in [-0.3, -0.25) is 0 Å². The van der Waals surface area contributed by atoms with Crippen LogP contribution in [0, 0.1) is 0 Å². The van der Waals surface area contributed by atoms with Crippen molar-refractivity contribution < 1.29 is 23.6 Å². The lowest BCUT2D eigenvalue weighted by molar-refractivity contribution is 0.00578. The van der Waals surface area contributed by atoms with Crippen LogP contribution in [0.25, 0.3) is 0 Å². The number of halogens is 1. The van der Waals surface area contributed by atoms with Crippen molar-refractivity contribution in [3.8, 4) is 0 Å². The largest absolute Gasteiger partial charge is 0.513 e. The van der Waals surface area contributed by atoms with E-state index in [0.29, 0.717) is 12.2 Å². The first-order valence-electron chi connectivity index (χ1n) is 8.20. The van der Waals surface area contributed by atoms with Crippen LogP contribution in [-0.4, -0.2) is 36.0 Å². The molecule has 0 aromatic heterocycles. The number of hydrogen-bond acceptors (Lipinski definition) is 5. The molecule has 0 amide bonds. The highest BCUT2D eigenvalue weighted by molar-refractivity contribution is 6.58. The van der Waals surface area contributed by atoms with Gasteiger partial charge in [-0.2, -0.15) is 0 Å². The van der Waals surface area contributed by atoms with Crippen LogP contribution in [0.15, 0.2) is 22.9 Å². The number of rotatable bonds is 3. The maximum absolute atomic E-state index is 11.6. The van der Waals surface area contributed by atoms with Crippen LogP contribution < -0.4 is 0 Å². The lowest BCUT2D eigenvalue weighted by atomic mass is 9.67. The minimum Gasteiger partial charge on any atom is -0.434 e. The monoisotopic (exact) mass is 356 g/mol. The van der Waals surface area contributed by atoms with Gasteiger partial charge in [0.1, 0.15) is 5.76 Å². The van der Waals surface area contributed by atoms with E-state index in [2.05, 4.69) is 0 Å². The molecular formula is C17H26BClO5. The lowest BCUT2D eigenvalue weighted by Gasteiger charge is -2.32. The van der Waals surface area contributed by atoms with Gasteiger partial charge in [0.2, 0.25) is 0 Å². The highest BCUT2D eigenvalue weighted by Crippen LogP contribution is 2.45. The fraction of sp³-hybridized carbons (Fsp3) is 0.706. The van der Waals surface area contributed by atoms with Gasteiger partial charge in [0.15, 0.2) is 0 Å². The van der Waals surface area contributed by atoms with E-state index in [1.807, 2.05) is 41.5 Å². The Morgan fingerprint density at radius 3 is 2.29 bits per heavy atom. The van der Waals surface area contributed by atoms with Crippen molar-refractivity contribution in [1.29, 1.82) is 0 Å². The Morgan fingerprint density at radius 1 is 1.25 bits per heavy atom. The van der Waals surface area contributed by atoms with Gasteiger partial charge in [0, 0.05) is 0 Å². The van der Waals surface area contributed by atoms with Crippen LogP contribution in [0.2, 0.25) is 0 Å². The molecule has 1 saturated heterocycles. The van der Waals surface area contributed by atoms with Crippen molar-refractivity contribution in [3.05, 3.63) is 22.9 Å². The number of alkyl halides is 1. The number of ether oxygens (including phenoxy) is 2.